The van der Waals surface area contributed by atoms with E-state index in [4.69, 9.17) is 14.6 Å². The first kappa shape index (κ1) is 16.9. The molecule has 0 aliphatic rings. The van der Waals surface area contributed by atoms with Crippen molar-refractivity contribution in [1.82, 2.24) is 5.32 Å². The summed E-state index contributed by atoms with van der Waals surface area (Å²) in [4.78, 5) is 22.7. The zero-order chi connectivity index (χ0) is 14.0. The Balaban J connectivity index is 4.00. The molecule has 0 saturated heterocycles. The van der Waals surface area contributed by atoms with Gasteiger partial charge in [-0.3, -0.25) is 4.79 Å². The van der Waals surface area contributed by atoms with E-state index < -0.39 is 11.5 Å². The van der Waals surface area contributed by atoms with E-state index in [1.165, 1.54) is 6.92 Å². The number of nitrogens with one attached hydrogen (secondary N) is 1. The van der Waals surface area contributed by atoms with Gasteiger partial charge in [0.15, 0.2) is 0 Å². The second kappa shape index (κ2) is 8.88. The van der Waals surface area contributed by atoms with Crippen molar-refractivity contribution in [3.05, 3.63) is 0 Å². The zero-order valence-electron chi connectivity index (χ0n) is 11.3. The smallest absolute Gasteiger partial charge is 0.329 e. The summed E-state index contributed by atoms with van der Waals surface area (Å²) >= 11 is 0. The van der Waals surface area contributed by atoms with E-state index in [-0.39, 0.29) is 18.9 Å². The molecule has 0 aromatic rings. The van der Waals surface area contributed by atoms with Crippen LogP contribution in [0.3, 0.4) is 0 Å². The summed E-state index contributed by atoms with van der Waals surface area (Å²) in [5, 5.41) is 11.6. The van der Waals surface area contributed by atoms with E-state index in [1.54, 1.807) is 7.11 Å². The van der Waals surface area contributed by atoms with Crippen LogP contribution < -0.4 is 5.32 Å². The van der Waals surface area contributed by atoms with E-state index in [0.717, 1.165) is 0 Å². The number of carboxylic acids is 1. The molecular weight excluding hydrogens is 238 g/mol. The summed E-state index contributed by atoms with van der Waals surface area (Å²) < 4.78 is 9.94. The molecule has 18 heavy (non-hydrogen) atoms. The second-order valence-corrected chi connectivity index (χ2v) is 4.29. The van der Waals surface area contributed by atoms with E-state index in [1.807, 2.05) is 6.92 Å². The molecule has 1 atom stereocenters. The van der Waals surface area contributed by atoms with Crippen molar-refractivity contribution in [1.29, 1.82) is 0 Å². The highest BCUT2D eigenvalue weighted by molar-refractivity contribution is 5.86. The summed E-state index contributed by atoms with van der Waals surface area (Å²) in [5.41, 5.74) is -1.20. The molecule has 0 heterocycles. The van der Waals surface area contributed by atoms with Gasteiger partial charge >= 0.3 is 5.97 Å². The van der Waals surface area contributed by atoms with Crippen molar-refractivity contribution < 1.29 is 24.2 Å². The van der Waals surface area contributed by atoms with Crippen LogP contribution in [0, 0.1) is 0 Å². The predicted octanol–water partition coefficient (Wildman–Crippen LogP) is 0.799. The summed E-state index contributed by atoms with van der Waals surface area (Å²) in [6.45, 7) is 4.56. The Kier molecular flexibility index (Phi) is 8.32. The molecule has 0 fully saturated rings. The highest BCUT2D eigenvalue weighted by Gasteiger charge is 2.33. The van der Waals surface area contributed by atoms with Crippen LogP contribution in [0.4, 0.5) is 0 Å². The summed E-state index contributed by atoms with van der Waals surface area (Å²) in [5.74, 6) is -1.33. The van der Waals surface area contributed by atoms with Crippen molar-refractivity contribution in [2.24, 2.45) is 0 Å². The first-order valence-electron chi connectivity index (χ1n) is 6.07. The molecule has 0 rings (SSSR count). The molecule has 0 aliphatic heterocycles. The summed E-state index contributed by atoms with van der Waals surface area (Å²) in [7, 11) is 1.57. The van der Waals surface area contributed by atoms with E-state index >= 15 is 0 Å². The van der Waals surface area contributed by atoms with Gasteiger partial charge in [-0.25, -0.2) is 4.79 Å². The quantitative estimate of drug-likeness (QED) is 0.568. The van der Waals surface area contributed by atoms with Gasteiger partial charge in [0.2, 0.25) is 5.91 Å². The van der Waals surface area contributed by atoms with Crippen LogP contribution in [0.25, 0.3) is 0 Å². The molecule has 1 amide bonds. The first-order valence-corrected chi connectivity index (χ1v) is 6.07. The van der Waals surface area contributed by atoms with Crippen LogP contribution in [0.2, 0.25) is 0 Å². The fourth-order valence-electron chi connectivity index (χ4n) is 1.50. The van der Waals surface area contributed by atoms with Gasteiger partial charge in [0, 0.05) is 13.5 Å². The molecule has 0 bridgehead atoms. The van der Waals surface area contributed by atoms with Gasteiger partial charge in [0.05, 0.1) is 19.8 Å². The van der Waals surface area contributed by atoms with Crippen LogP contribution >= 0.6 is 0 Å². The topological polar surface area (TPSA) is 84.9 Å². The van der Waals surface area contributed by atoms with Gasteiger partial charge in [-0.05, 0) is 13.3 Å². The van der Waals surface area contributed by atoms with Gasteiger partial charge in [0.25, 0.3) is 0 Å². The summed E-state index contributed by atoms with van der Waals surface area (Å²) in [6.07, 6.45) is 1.24. The van der Waals surface area contributed by atoms with Crippen molar-refractivity contribution in [2.45, 2.75) is 38.6 Å². The normalized spacial score (nSPS) is 13.9. The number of amides is 1. The molecular formula is C12H23NO5. The molecule has 2 N–H and O–H groups in total. The van der Waals surface area contributed by atoms with Gasteiger partial charge in [-0.2, -0.15) is 0 Å². The Bertz CT molecular complexity index is 269. The van der Waals surface area contributed by atoms with Crippen molar-refractivity contribution in [3.63, 3.8) is 0 Å². The fraction of sp³-hybridized carbons (Fsp3) is 0.833. The Hall–Kier alpha value is -1.14. The van der Waals surface area contributed by atoms with Gasteiger partial charge in [-0.1, -0.05) is 13.3 Å². The number of methoxy groups -OCH3 is 1. The Morgan fingerprint density at radius 1 is 1.28 bits per heavy atom. The largest absolute Gasteiger partial charge is 0.480 e. The van der Waals surface area contributed by atoms with Gasteiger partial charge in [0.1, 0.15) is 5.54 Å². The molecule has 6 heteroatoms. The lowest BCUT2D eigenvalue weighted by Crippen LogP contribution is -2.52. The highest BCUT2D eigenvalue weighted by Crippen LogP contribution is 2.12. The number of ether oxygens (including phenoxy) is 2. The van der Waals surface area contributed by atoms with Crippen LogP contribution in [0.5, 0.6) is 0 Å². The minimum absolute atomic E-state index is 0.149. The molecule has 0 aliphatic carbocycles. The maximum absolute atomic E-state index is 11.6. The van der Waals surface area contributed by atoms with Gasteiger partial charge < -0.3 is 19.9 Å². The molecule has 0 aromatic heterocycles. The molecule has 1 unspecified atom stereocenters. The fourth-order valence-corrected chi connectivity index (χ4v) is 1.50. The van der Waals surface area contributed by atoms with E-state index in [2.05, 4.69) is 5.32 Å². The van der Waals surface area contributed by atoms with E-state index in [9.17, 15) is 9.59 Å². The maximum Gasteiger partial charge on any atom is 0.329 e. The molecule has 0 spiro atoms. The van der Waals surface area contributed by atoms with Crippen LogP contribution in [0.1, 0.15) is 33.1 Å². The third-order valence-electron chi connectivity index (χ3n) is 2.54. The van der Waals surface area contributed by atoms with Crippen LogP contribution in [-0.2, 0) is 19.1 Å². The number of hydrogen-bond acceptors (Lipinski definition) is 4. The number of aliphatic carboxylic acids is 1. The monoisotopic (exact) mass is 261 g/mol. The first-order chi connectivity index (χ1) is 8.46. The molecule has 0 saturated carbocycles. The Labute approximate surface area is 108 Å². The average molecular weight is 261 g/mol. The van der Waals surface area contributed by atoms with E-state index in [0.29, 0.717) is 26.1 Å². The SMILES string of the molecule is CCCC(C)(NC(=O)CCOCCOC)C(=O)O. The lowest BCUT2D eigenvalue weighted by molar-refractivity contribution is -0.147. The Morgan fingerprint density at radius 3 is 2.44 bits per heavy atom. The molecule has 106 valence electrons. The van der Waals surface area contributed by atoms with Gasteiger partial charge in [-0.15, -0.1) is 0 Å². The number of rotatable bonds is 10. The second-order valence-electron chi connectivity index (χ2n) is 4.29. The minimum Gasteiger partial charge on any atom is -0.480 e. The minimum atomic E-state index is -1.20. The standard InChI is InChI=1S/C12H23NO5/c1-4-6-12(2,11(15)16)13-10(14)5-7-18-9-8-17-3/h4-9H2,1-3H3,(H,13,14)(H,15,16). The number of carbonyl (C=O) groups excluding carboxylic acids is 1. The van der Waals surface area contributed by atoms with Crippen LogP contribution in [-0.4, -0.2) is 49.5 Å². The molecule has 0 aromatic carbocycles. The molecule has 0 radical (unpaired) electrons. The summed E-state index contributed by atoms with van der Waals surface area (Å²) in [6, 6.07) is 0. The third-order valence-corrected chi connectivity index (χ3v) is 2.54. The maximum atomic E-state index is 11.6. The lowest BCUT2D eigenvalue weighted by atomic mass is 9.96. The zero-order valence-corrected chi connectivity index (χ0v) is 11.3. The number of carboxylic acid groups (broad SMARTS) is 1. The van der Waals surface area contributed by atoms with Crippen LogP contribution in [0.15, 0.2) is 0 Å². The van der Waals surface area contributed by atoms with Crippen molar-refractivity contribution in [2.75, 3.05) is 26.9 Å². The van der Waals surface area contributed by atoms with Crippen molar-refractivity contribution in [3.8, 4) is 0 Å². The number of hydrogen-bond donors (Lipinski definition) is 2. The predicted molar refractivity (Wildman–Crippen MR) is 66.4 cm³/mol. The average Bonchev–Trinajstić information content (AvgIpc) is 2.28. The number of carbonyl (C=O) groups is 2. The highest BCUT2D eigenvalue weighted by atomic mass is 16.5. The lowest BCUT2D eigenvalue weighted by Gasteiger charge is -2.25. The Morgan fingerprint density at radius 2 is 1.94 bits per heavy atom. The van der Waals surface area contributed by atoms with Crippen molar-refractivity contribution >= 4 is 11.9 Å². The third kappa shape index (κ3) is 6.56. The molecule has 6 nitrogen and oxygen atoms in total.